The second-order valence-corrected chi connectivity index (χ2v) is 6.12. The van der Waals surface area contributed by atoms with Crippen molar-refractivity contribution in [2.24, 2.45) is 0 Å². The molecule has 0 bridgehead atoms. The molecule has 1 rings (SSSR count). The number of carboxylic acid groups (broad SMARTS) is 1. The van der Waals surface area contributed by atoms with Gasteiger partial charge in [-0.15, -0.1) is 11.8 Å². The van der Waals surface area contributed by atoms with Crippen LogP contribution in [0.25, 0.3) is 0 Å². The number of carbonyl (C=O) groups excluding carboxylic acids is 1. The van der Waals surface area contributed by atoms with Gasteiger partial charge in [-0.3, -0.25) is 9.59 Å². The van der Waals surface area contributed by atoms with E-state index in [1.165, 1.54) is 0 Å². The second-order valence-electron chi connectivity index (χ2n) is 4.15. The van der Waals surface area contributed by atoms with Gasteiger partial charge in [0.1, 0.15) is 5.25 Å². The molecular formula is C13H15Cl2NO3S. The number of aliphatic carboxylic acids is 1. The maximum atomic E-state index is 11.8. The van der Waals surface area contributed by atoms with Crippen molar-refractivity contribution in [2.45, 2.75) is 25.5 Å². The van der Waals surface area contributed by atoms with Gasteiger partial charge in [0.15, 0.2) is 0 Å². The Hall–Kier alpha value is -0.910. The highest BCUT2D eigenvalue weighted by Gasteiger charge is 2.18. The molecule has 4 nitrogen and oxygen atoms in total. The number of anilines is 1. The molecule has 0 aliphatic rings. The number of carboxylic acids is 1. The Labute approximate surface area is 131 Å². The van der Waals surface area contributed by atoms with E-state index in [9.17, 15) is 9.59 Å². The molecule has 0 heterocycles. The number of thioether (sulfide) groups is 1. The number of nitrogens with one attached hydrogen (secondary N) is 1. The molecule has 0 fully saturated rings. The largest absolute Gasteiger partial charge is 0.480 e. The number of carbonyl (C=O) groups is 2. The minimum Gasteiger partial charge on any atom is -0.480 e. The van der Waals surface area contributed by atoms with E-state index >= 15 is 0 Å². The number of halogens is 2. The fourth-order valence-corrected chi connectivity index (χ4v) is 2.75. The van der Waals surface area contributed by atoms with Crippen LogP contribution in [0.2, 0.25) is 10.0 Å². The van der Waals surface area contributed by atoms with E-state index in [-0.39, 0.29) is 11.7 Å². The van der Waals surface area contributed by atoms with Crippen LogP contribution in [0, 0.1) is 6.92 Å². The summed E-state index contributed by atoms with van der Waals surface area (Å²) in [7, 11) is 0. The Kier molecular flexibility index (Phi) is 6.65. The third-order valence-corrected chi connectivity index (χ3v) is 4.78. The van der Waals surface area contributed by atoms with Gasteiger partial charge in [0.25, 0.3) is 0 Å². The molecule has 110 valence electrons. The van der Waals surface area contributed by atoms with Crippen molar-refractivity contribution in [3.05, 3.63) is 27.7 Å². The smallest absolute Gasteiger partial charge is 0.316 e. The third kappa shape index (κ3) is 4.58. The lowest BCUT2D eigenvalue weighted by Gasteiger charge is -2.12. The van der Waals surface area contributed by atoms with E-state index in [1.54, 1.807) is 26.0 Å². The summed E-state index contributed by atoms with van der Waals surface area (Å²) in [5, 5.41) is 11.7. The summed E-state index contributed by atoms with van der Waals surface area (Å²) in [6, 6.07) is 3.41. The number of rotatable bonds is 6. The summed E-state index contributed by atoms with van der Waals surface area (Å²) in [6.45, 7) is 3.57. The zero-order valence-electron chi connectivity index (χ0n) is 11.1. The van der Waals surface area contributed by atoms with Gasteiger partial charge >= 0.3 is 5.97 Å². The van der Waals surface area contributed by atoms with E-state index in [2.05, 4.69) is 5.32 Å². The van der Waals surface area contributed by atoms with E-state index in [0.29, 0.717) is 22.2 Å². The minimum absolute atomic E-state index is 0.0331. The van der Waals surface area contributed by atoms with Gasteiger partial charge in [-0.25, -0.2) is 0 Å². The van der Waals surface area contributed by atoms with Crippen LogP contribution in [0.5, 0.6) is 0 Å². The molecule has 0 aromatic heterocycles. The Morgan fingerprint density at radius 3 is 2.60 bits per heavy atom. The Morgan fingerprint density at radius 1 is 1.40 bits per heavy atom. The van der Waals surface area contributed by atoms with Crippen LogP contribution < -0.4 is 5.32 Å². The normalized spacial score (nSPS) is 12.0. The highest BCUT2D eigenvalue weighted by molar-refractivity contribution is 8.01. The standard InChI is InChI=1S/C13H15Cl2NO3S/c1-3-9(13(18)19)20-6-10(17)16-12-8(14)5-4-7(2)11(12)15/h4-5,9H,3,6H2,1-2H3,(H,16,17)(H,18,19). The van der Waals surface area contributed by atoms with Crippen LogP contribution in [-0.4, -0.2) is 28.0 Å². The molecule has 2 N–H and O–H groups in total. The molecule has 20 heavy (non-hydrogen) atoms. The lowest BCUT2D eigenvalue weighted by molar-refractivity contribution is -0.136. The summed E-state index contributed by atoms with van der Waals surface area (Å²) in [5.41, 5.74) is 1.17. The highest BCUT2D eigenvalue weighted by Crippen LogP contribution is 2.33. The topological polar surface area (TPSA) is 66.4 Å². The SMILES string of the molecule is CCC(SCC(=O)Nc1c(Cl)ccc(C)c1Cl)C(=O)O. The fraction of sp³-hybridized carbons (Fsp3) is 0.385. The lowest BCUT2D eigenvalue weighted by Crippen LogP contribution is -2.21. The van der Waals surface area contributed by atoms with E-state index < -0.39 is 11.2 Å². The molecule has 0 saturated heterocycles. The average molecular weight is 336 g/mol. The molecule has 0 saturated carbocycles. The number of benzene rings is 1. The molecule has 0 radical (unpaired) electrons. The molecule has 7 heteroatoms. The minimum atomic E-state index is -0.920. The van der Waals surface area contributed by atoms with Crippen molar-refractivity contribution in [1.29, 1.82) is 0 Å². The summed E-state index contributed by atoms with van der Waals surface area (Å²) in [4.78, 5) is 22.7. The van der Waals surface area contributed by atoms with E-state index in [4.69, 9.17) is 28.3 Å². The van der Waals surface area contributed by atoms with Gasteiger partial charge in [-0.1, -0.05) is 36.2 Å². The predicted octanol–water partition coefficient (Wildman–Crippen LogP) is 3.84. The average Bonchev–Trinajstić information content (AvgIpc) is 2.39. The first-order chi connectivity index (χ1) is 9.36. The highest BCUT2D eigenvalue weighted by atomic mass is 35.5. The van der Waals surface area contributed by atoms with Gasteiger partial charge in [0.05, 0.1) is 21.5 Å². The summed E-state index contributed by atoms with van der Waals surface area (Å²) < 4.78 is 0. The summed E-state index contributed by atoms with van der Waals surface area (Å²) >= 11 is 13.1. The second kappa shape index (κ2) is 7.76. The first-order valence-electron chi connectivity index (χ1n) is 5.95. The van der Waals surface area contributed by atoms with Crippen molar-refractivity contribution in [3.8, 4) is 0 Å². The van der Waals surface area contributed by atoms with Crippen LogP contribution in [0.4, 0.5) is 5.69 Å². The van der Waals surface area contributed by atoms with Crippen LogP contribution >= 0.6 is 35.0 Å². The molecule has 1 amide bonds. The first-order valence-corrected chi connectivity index (χ1v) is 7.76. The van der Waals surface area contributed by atoms with Crippen molar-refractivity contribution in [1.82, 2.24) is 0 Å². The maximum Gasteiger partial charge on any atom is 0.316 e. The number of amides is 1. The monoisotopic (exact) mass is 335 g/mol. The Morgan fingerprint density at radius 2 is 2.05 bits per heavy atom. The van der Waals surface area contributed by atoms with Gasteiger partial charge in [-0.2, -0.15) is 0 Å². The van der Waals surface area contributed by atoms with Gasteiger partial charge in [0.2, 0.25) is 5.91 Å². The van der Waals surface area contributed by atoms with Crippen molar-refractivity contribution >= 4 is 52.5 Å². The molecule has 0 aliphatic carbocycles. The maximum absolute atomic E-state index is 11.8. The van der Waals surface area contributed by atoms with Crippen LogP contribution in [0.1, 0.15) is 18.9 Å². The first kappa shape index (κ1) is 17.1. The predicted molar refractivity (Wildman–Crippen MR) is 84.0 cm³/mol. The van der Waals surface area contributed by atoms with E-state index in [1.807, 2.05) is 0 Å². The number of hydrogen-bond donors (Lipinski definition) is 2. The molecule has 1 atom stereocenters. The lowest BCUT2D eigenvalue weighted by atomic mass is 10.2. The van der Waals surface area contributed by atoms with E-state index in [0.717, 1.165) is 17.3 Å². The Balaban J connectivity index is 2.68. The molecule has 0 spiro atoms. The van der Waals surface area contributed by atoms with Crippen LogP contribution in [-0.2, 0) is 9.59 Å². The molecule has 1 aromatic carbocycles. The molecule has 1 unspecified atom stereocenters. The molecule has 0 aliphatic heterocycles. The van der Waals surface area contributed by atoms with Gasteiger partial charge in [-0.05, 0) is 25.0 Å². The quantitative estimate of drug-likeness (QED) is 0.828. The zero-order valence-corrected chi connectivity index (χ0v) is 13.4. The van der Waals surface area contributed by atoms with Crippen molar-refractivity contribution in [2.75, 3.05) is 11.1 Å². The Bertz CT molecular complexity index is 523. The number of aryl methyl sites for hydroxylation is 1. The fourth-order valence-electron chi connectivity index (χ4n) is 1.49. The molecular weight excluding hydrogens is 321 g/mol. The van der Waals surface area contributed by atoms with Crippen LogP contribution in [0.15, 0.2) is 12.1 Å². The van der Waals surface area contributed by atoms with Gasteiger partial charge < -0.3 is 10.4 Å². The van der Waals surface area contributed by atoms with Crippen molar-refractivity contribution in [3.63, 3.8) is 0 Å². The summed E-state index contributed by atoms with van der Waals surface area (Å²) in [5.74, 6) is -1.22. The molecule has 1 aromatic rings. The van der Waals surface area contributed by atoms with Crippen molar-refractivity contribution < 1.29 is 14.7 Å². The van der Waals surface area contributed by atoms with Crippen LogP contribution in [0.3, 0.4) is 0 Å². The number of hydrogen-bond acceptors (Lipinski definition) is 3. The zero-order chi connectivity index (χ0) is 15.3. The summed E-state index contributed by atoms with van der Waals surface area (Å²) in [6.07, 6.45) is 0.458. The third-order valence-electron chi connectivity index (χ3n) is 2.61. The van der Waals surface area contributed by atoms with Gasteiger partial charge in [0, 0.05) is 0 Å².